The van der Waals surface area contributed by atoms with Gasteiger partial charge in [-0.15, -0.1) is 0 Å². The van der Waals surface area contributed by atoms with E-state index in [2.05, 4.69) is 16.0 Å². The molecule has 1 aromatic heterocycles. The molecule has 78 valence electrons. The van der Waals surface area contributed by atoms with Crippen LogP contribution in [0.3, 0.4) is 0 Å². The molecular weight excluding hydrogens is 210 g/mol. The van der Waals surface area contributed by atoms with Crippen LogP contribution >= 0.6 is 0 Å². The molecule has 1 fully saturated rings. The zero-order chi connectivity index (χ0) is 10.7. The normalized spacial score (nSPS) is 17.4. The van der Waals surface area contributed by atoms with Gasteiger partial charge in [-0.2, -0.15) is 5.26 Å². The Hall–Kier alpha value is -1.41. The van der Waals surface area contributed by atoms with Crippen molar-refractivity contribution in [1.82, 2.24) is 4.98 Å². The summed E-state index contributed by atoms with van der Waals surface area (Å²) in [5, 5.41) is 8.94. The molecule has 15 heavy (non-hydrogen) atoms. The zero-order valence-corrected chi connectivity index (χ0v) is 9.04. The van der Waals surface area contributed by atoms with Crippen molar-refractivity contribution in [2.24, 2.45) is 0 Å². The quantitative estimate of drug-likeness (QED) is 0.694. The van der Waals surface area contributed by atoms with E-state index in [9.17, 15) is 4.21 Å². The second kappa shape index (κ2) is 4.41. The first-order valence-corrected chi connectivity index (χ1v) is 6.24. The molecule has 1 aromatic rings. The molecule has 0 radical (unpaired) electrons. The molecule has 4 nitrogen and oxygen atoms in total. The summed E-state index contributed by atoms with van der Waals surface area (Å²) in [6, 6.07) is 3.86. The number of rotatable bonds is 1. The van der Waals surface area contributed by atoms with E-state index >= 15 is 0 Å². The topological polar surface area (TPSA) is 57.0 Å². The van der Waals surface area contributed by atoms with E-state index in [0.717, 1.165) is 18.8 Å². The minimum atomic E-state index is -0.688. The third-order valence-corrected chi connectivity index (χ3v) is 3.71. The number of pyridine rings is 1. The van der Waals surface area contributed by atoms with E-state index in [0.29, 0.717) is 17.1 Å². The Morgan fingerprint density at radius 3 is 2.87 bits per heavy atom. The van der Waals surface area contributed by atoms with Gasteiger partial charge in [-0.3, -0.25) is 9.19 Å². The van der Waals surface area contributed by atoms with Crippen molar-refractivity contribution in [3.8, 4) is 6.07 Å². The first-order valence-electron chi connectivity index (χ1n) is 4.75. The minimum absolute atomic E-state index is 0.637. The second-order valence-electron chi connectivity index (χ2n) is 3.34. The van der Waals surface area contributed by atoms with Crippen molar-refractivity contribution in [1.29, 1.82) is 5.26 Å². The van der Waals surface area contributed by atoms with E-state index in [-0.39, 0.29) is 0 Å². The maximum atomic E-state index is 11.2. The Morgan fingerprint density at radius 2 is 2.20 bits per heavy atom. The van der Waals surface area contributed by atoms with Crippen molar-refractivity contribution >= 4 is 16.5 Å². The molecule has 5 heteroatoms. The molecule has 0 spiro atoms. The molecule has 0 amide bonds. The van der Waals surface area contributed by atoms with Crippen molar-refractivity contribution in [2.75, 3.05) is 29.5 Å². The molecule has 1 saturated heterocycles. The lowest BCUT2D eigenvalue weighted by molar-refractivity contribution is 0.673. The molecule has 0 atom stereocenters. The lowest BCUT2D eigenvalue weighted by Gasteiger charge is -2.28. The van der Waals surface area contributed by atoms with Gasteiger partial charge in [-0.05, 0) is 6.07 Å². The first kappa shape index (κ1) is 10.1. The standard InChI is InChI=1S/C10H11N3OS/c11-7-9-1-2-12-8-10(9)13-3-5-15(14)6-4-13/h1-2,8H,3-6H2. The van der Waals surface area contributed by atoms with Gasteiger partial charge in [0.15, 0.2) is 0 Å². The fourth-order valence-corrected chi connectivity index (χ4v) is 2.66. The second-order valence-corrected chi connectivity index (χ2v) is 5.04. The van der Waals surface area contributed by atoms with E-state index in [1.54, 1.807) is 18.5 Å². The van der Waals surface area contributed by atoms with E-state index in [1.165, 1.54) is 0 Å². The Bertz CT molecular complexity index is 417. The first-order chi connectivity index (χ1) is 7.31. The van der Waals surface area contributed by atoms with Gasteiger partial charge in [-0.1, -0.05) is 0 Å². The molecule has 0 aromatic carbocycles. The SMILES string of the molecule is N#Cc1ccncc1N1CCS(=O)CC1. The van der Waals surface area contributed by atoms with Gasteiger partial charge in [0, 0.05) is 41.6 Å². The number of nitriles is 1. The van der Waals surface area contributed by atoms with Gasteiger partial charge >= 0.3 is 0 Å². The third kappa shape index (κ3) is 2.16. The Balaban J connectivity index is 2.23. The molecule has 0 bridgehead atoms. The van der Waals surface area contributed by atoms with Crippen LogP contribution in [0.5, 0.6) is 0 Å². The van der Waals surface area contributed by atoms with Crippen LogP contribution in [0.25, 0.3) is 0 Å². The number of anilines is 1. The number of hydrogen-bond acceptors (Lipinski definition) is 4. The summed E-state index contributed by atoms with van der Waals surface area (Å²) in [6.45, 7) is 1.49. The summed E-state index contributed by atoms with van der Waals surface area (Å²) in [6.07, 6.45) is 3.32. The largest absolute Gasteiger partial charge is 0.367 e. The van der Waals surface area contributed by atoms with Crippen LogP contribution in [0.1, 0.15) is 5.56 Å². The third-order valence-electron chi connectivity index (χ3n) is 2.44. The summed E-state index contributed by atoms with van der Waals surface area (Å²) in [5.74, 6) is 1.36. The van der Waals surface area contributed by atoms with Crippen molar-refractivity contribution in [2.45, 2.75) is 0 Å². The van der Waals surface area contributed by atoms with Crippen molar-refractivity contribution in [3.05, 3.63) is 24.0 Å². The summed E-state index contributed by atoms with van der Waals surface area (Å²) >= 11 is 0. The highest BCUT2D eigenvalue weighted by Crippen LogP contribution is 2.19. The summed E-state index contributed by atoms with van der Waals surface area (Å²) in [5.41, 5.74) is 1.49. The van der Waals surface area contributed by atoms with Crippen molar-refractivity contribution < 1.29 is 4.21 Å². The van der Waals surface area contributed by atoms with Gasteiger partial charge in [0.1, 0.15) is 6.07 Å². The van der Waals surface area contributed by atoms with E-state index < -0.39 is 10.8 Å². The molecule has 1 aliphatic heterocycles. The molecule has 0 N–H and O–H groups in total. The van der Waals surface area contributed by atoms with Crippen molar-refractivity contribution in [3.63, 3.8) is 0 Å². The zero-order valence-electron chi connectivity index (χ0n) is 8.22. The predicted octanol–water partition coefficient (Wildman–Crippen LogP) is 0.522. The Morgan fingerprint density at radius 1 is 1.47 bits per heavy atom. The Kier molecular flexibility index (Phi) is 2.97. The Labute approximate surface area is 91.0 Å². The van der Waals surface area contributed by atoms with Gasteiger partial charge in [0.05, 0.1) is 17.4 Å². The van der Waals surface area contributed by atoms with Gasteiger partial charge in [-0.25, -0.2) is 0 Å². The number of nitrogens with zero attached hydrogens (tertiary/aromatic N) is 3. The fraction of sp³-hybridized carbons (Fsp3) is 0.400. The molecule has 0 saturated carbocycles. The van der Waals surface area contributed by atoms with Gasteiger partial charge in [0.2, 0.25) is 0 Å². The van der Waals surface area contributed by atoms with Gasteiger partial charge in [0.25, 0.3) is 0 Å². The molecule has 1 aliphatic rings. The van der Waals surface area contributed by atoms with E-state index in [1.807, 2.05) is 0 Å². The lowest BCUT2D eigenvalue weighted by Crippen LogP contribution is -2.38. The van der Waals surface area contributed by atoms with Crippen LogP contribution in [0.15, 0.2) is 18.5 Å². The molecule has 2 heterocycles. The maximum absolute atomic E-state index is 11.2. The smallest absolute Gasteiger partial charge is 0.101 e. The summed E-state index contributed by atoms with van der Waals surface area (Å²) in [4.78, 5) is 6.10. The van der Waals surface area contributed by atoms with Crippen LogP contribution in [0.4, 0.5) is 5.69 Å². The minimum Gasteiger partial charge on any atom is -0.367 e. The molecule has 0 aliphatic carbocycles. The van der Waals surface area contributed by atoms with Crippen LogP contribution in [-0.4, -0.2) is 33.8 Å². The highest BCUT2D eigenvalue weighted by molar-refractivity contribution is 7.85. The van der Waals surface area contributed by atoms with Crippen LogP contribution in [0, 0.1) is 11.3 Å². The van der Waals surface area contributed by atoms with Crippen LogP contribution < -0.4 is 4.90 Å². The summed E-state index contributed by atoms with van der Waals surface area (Å²) in [7, 11) is -0.688. The van der Waals surface area contributed by atoms with E-state index in [4.69, 9.17) is 5.26 Å². The number of aromatic nitrogens is 1. The fourth-order valence-electron chi connectivity index (χ4n) is 1.61. The monoisotopic (exact) mass is 221 g/mol. The highest BCUT2D eigenvalue weighted by atomic mass is 32.2. The lowest BCUT2D eigenvalue weighted by atomic mass is 10.2. The molecule has 0 unspecified atom stereocenters. The van der Waals surface area contributed by atoms with Crippen LogP contribution in [0.2, 0.25) is 0 Å². The average Bonchev–Trinajstić information content (AvgIpc) is 2.30. The van der Waals surface area contributed by atoms with Crippen LogP contribution in [-0.2, 0) is 10.8 Å². The maximum Gasteiger partial charge on any atom is 0.101 e. The molecule has 2 rings (SSSR count). The number of hydrogen-bond donors (Lipinski definition) is 0. The average molecular weight is 221 g/mol. The highest BCUT2D eigenvalue weighted by Gasteiger charge is 2.17. The summed E-state index contributed by atoms with van der Waals surface area (Å²) < 4.78 is 11.2. The molecular formula is C10H11N3OS. The van der Waals surface area contributed by atoms with Gasteiger partial charge < -0.3 is 4.90 Å². The predicted molar refractivity (Wildman–Crippen MR) is 59.0 cm³/mol.